The Labute approximate surface area is 116 Å². The molecular weight excluding hydrogens is 232 g/mol. The third-order valence-electron chi connectivity index (χ3n) is 3.43. The molecule has 0 heterocycles. The second-order valence-corrected chi connectivity index (χ2v) is 5.55. The number of hydrogen-bond donors (Lipinski definition) is 0. The lowest BCUT2D eigenvalue weighted by atomic mass is 10.0. The van der Waals surface area contributed by atoms with Crippen LogP contribution in [0.25, 0.3) is 0 Å². The third kappa shape index (κ3) is 3.17. The summed E-state index contributed by atoms with van der Waals surface area (Å²) in [4.78, 5) is 0. The Hall–Kier alpha value is -1.76. The summed E-state index contributed by atoms with van der Waals surface area (Å²) in [5.74, 6) is 2.44. The summed E-state index contributed by atoms with van der Waals surface area (Å²) in [6.45, 7) is 10.7. The van der Waals surface area contributed by atoms with E-state index in [2.05, 4.69) is 71.0 Å². The molecule has 0 saturated heterocycles. The number of benzene rings is 2. The summed E-state index contributed by atoms with van der Waals surface area (Å²) in [7, 11) is 0. The minimum atomic E-state index is 0.549. The van der Waals surface area contributed by atoms with Crippen LogP contribution in [0.3, 0.4) is 0 Å². The quantitative estimate of drug-likeness (QED) is 0.700. The van der Waals surface area contributed by atoms with E-state index < -0.39 is 0 Å². The van der Waals surface area contributed by atoms with Gasteiger partial charge in [-0.25, -0.2) is 0 Å². The summed E-state index contributed by atoms with van der Waals surface area (Å²) in [5.41, 5.74) is 4.92. The fraction of sp³-hybridized carbons (Fsp3) is 0.333. The van der Waals surface area contributed by atoms with E-state index in [0.717, 1.165) is 17.1 Å². The number of hydrogen-bond acceptors (Lipinski definition) is 1. The minimum absolute atomic E-state index is 0.549. The summed E-state index contributed by atoms with van der Waals surface area (Å²) in [5, 5.41) is 0. The molecule has 0 aliphatic heterocycles. The first-order valence-corrected chi connectivity index (χ1v) is 6.83. The van der Waals surface area contributed by atoms with E-state index >= 15 is 0 Å². The lowest BCUT2D eigenvalue weighted by molar-refractivity contribution is 0.474. The maximum absolute atomic E-state index is 6.06. The zero-order valence-electron chi connectivity index (χ0n) is 12.4. The molecule has 19 heavy (non-hydrogen) atoms. The van der Waals surface area contributed by atoms with Gasteiger partial charge in [-0.2, -0.15) is 0 Å². The van der Waals surface area contributed by atoms with Gasteiger partial charge in [0.05, 0.1) is 0 Å². The van der Waals surface area contributed by atoms with Gasteiger partial charge in [0.1, 0.15) is 11.5 Å². The van der Waals surface area contributed by atoms with Gasteiger partial charge >= 0.3 is 0 Å². The van der Waals surface area contributed by atoms with Gasteiger partial charge < -0.3 is 4.74 Å². The van der Waals surface area contributed by atoms with Crippen molar-refractivity contribution in [3.8, 4) is 11.5 Å². The molecule has 0 radical (unpaired) electrons. The van der Waals surface area contributed by atoms with Gasteiger partial charge in [-0.05, 0) is 61.1 Å². The van der Waals surface area contributed by atoms with Gasteiger partial charge in [-0.1, -0.05) is 38.1 Å². The lowest BCUT2D eigenvalue weighted by Gasteiger charge is -2.14. The molecule has 2 aromatic carbocycles. The van der Waals surface area contributed by atoms with Crippen LogP contribution in [0.15, 0.2) is 36.4 Å². The van der Waals surface area contributed by atoms with E-state index in [-0.39, 0.29) is 0 Å². The molecule has 0 N–H and O–H groups in total. The molecule has 100 valence electrons. The molecule has 0 aliphatic carbocycles. The highest BCUT2D eigenvalue weighted by atomic mass is 16.5. The third-order valence-corrected chi connectivity index (χ3v) is 3.43. The first-order valence-electron chi connectivity index (χ1n) is 6.83. The highest BCUT2D eigenvalue weighted by Crippen LogP contribution is 2.30. The Bertz CT molecular complexity index is 582. The van der Waals surface area contributed by atoms with Gasteiger partial charge in [0, 0.05) is 0 Å². The second kappa shape index (κ2) is 5.48. The van der Waals surface area contributed by atoms with Gasteiger partial charge in [-0.3, -0.25) is 0 Å². The van der Waals surface area contributed by atoms with Gasteiger partial charge in [-0.15, -0.1) is 0 Å². The van der Waals surface area contributed by atoms with Crippen molar-refractivity contribution in [1.29, 1.82) is 0 Å². The van der Waals surface area contributed by atoms with E-state index in [1.807, 2.05) is 0 Å². The Balaban J connectivity index is 2.31. The number of rotatable bonds is 3. The van der Waals surface area contributed by atoms with Gasteiger partial charge in [0.15, 0.2) is 0 Å². The molecule has 2 rings (SSSR count). The van der Waals surface area contributed by atoms with Crippen LogP contribution in [0.2, 0.25) is 0 Å². The van der Waals surface area contributed by atoms with Crippen LogP contribution in [0.5, 0.6) is 11.5 Å². The van der Waals surface area contributed by atoms with Crippen LogP contribution in [0.4, 0.5) is 0 Å². The summed E-state index contributed by atoms with van der Waals surface area (Å²) >= 11 is 0. The standard InChI is InChI=1S/C18H22O/c1-12(2)16-8-9-17(15(5)11-16)19-18-10-13(3)6-7-14(18)4/h6-12H,1-5H3. The van der Waals surface area contributed by atoms with Crippen LogP contribution in [-0.4, -0.2) is 0 Å². The molecule has 0 atom stereocenters. The van der Waals surface area contributed by atoms with Gasteiger partial charge in [0.2, 0.25) is 0 Å². The van der Waals surface area contributed by atoms with E-state index in [9.17, 15) is 0 Å². The van der Waals surface area contributed by atoms with Crippen molar-refractivity contribution in [2.24, 2.45) is 0 Å². The normalized spacial score (nSPS) is 10.8. The van der Waals surface area contributed by atoms with Crippen LogP contribution in [-0.2, 0) is 0 Å². The molecule has 0 amide bonds. The minimum Gasteiger partial charge on any atom is -0.457 e. The fourth-order valence-electron chi connectivity index (χ4n) is 2.08. The zero-order chi connectivity index (χ0) is 14.0. The molecular formula is C18H22O. The van der Waals surface area contributed by atoms with E-state index in [4.69, 9.17) is 4.74 Å². The van der Waals surface area contributed by atoms with Crippen LogP contribution in [0.1, 0.15) is 42.0 Å². The van der Waals surface area contributed by atoms with Crippen LogP contribution < -0.4 is 4.74 Å². The van der Waals surface area contributed by atoms with E-state index in [1.165, 1.54) is 16.7 Å². The Morgan fingerprint density at radius 1 is 0.789 bits per heavy atom. The molecule has 0 fully saturated rings. The molecule has 0 bridgehead atoms. The topological polar surface area (TPSA) is 9.23 Å². The molecule has 0 aliphatic rings. The zero-order valence-corrected chi connectivity index (χ0v) is 12.4. The number of ether oxygens (including phenoxy) is 1. The van der Waals surface area contributed by atoms with Crippen molar-refractivity contribution in [2.75, 3.05) is 0 Å². The average molecular weight is 254 g/mol. The first-order chi connectivity index (χ1) is 8.97. The molecule has 1 nitrogen and oxygen atoms in total. The molecule has 0 aromatic heterocycles. The highest BCUT2D eigenvalue weighted by molar-refractivity contribution is 5.43. The summed E-state index contributed by atoms with van der Waals surface area (Å²) in [6.07, 6.45) is 0. The smallest absolute Gasteiger partial charge is 0.130 e. The average Bonchev–Trinajstić information content (AvgIpc) is 2.36. The molecule has 2 aromatic rings. The van der Waals surface area contributed by atoms with Crippen molar-refractivity contribution in [2.45, 2.75) is 40.5 Å². The lowest BCUT2D eigenvalue weighted by Crippen LogP contribution is -1.93. The maximum atomic E-state index is 6.06. The van der Waals surface area contributed by atoms with Gasteiger partial charge in [0.25, 0.3) is 0 Å². The summed E-state index contributed by atoms with van der Waals surface area (Å²) < 4.78 is 6.06. The Kier molecular flexibility index (Phi) is 3.94. The monoisotopic (exact) mass is 254 g/mol. The SMILES string of the molecule is Cc1ccc(C)c(Oc2ccc(C(C)C)cc2C)c1. The predicted octanol–water partition coefficient (Wildman–Crippen LogP) is 5.53. The van der Waals surface area contributed by atoms with Crippen LogP contribution in [0, 0.1) is 20.8 Å². The Morgan fingerprint density at radius 2 is 1.53 bits per heavy atom. The predicted molar refractivity (Wildman–Crippen MR) is 81.3 cm³/mol. The number of aryl methyl sites for hydroxylation is 3. The van der Waals surface area contributed by atoms with E-state index in [1.54, 1.807) is 0 Å². The van der Waals surface area contributed by atoms with Crippen molar-refractivity contribution in [3.63, 3.8) is 0 Å². The molecule has 0 saturated carbocycles. The van der Waals surface area contributed by atoms with Crippen molar-refractivity contribution >= 4 is 0 Å². The fourth-order valence-corrected chi connectivity index (χ4v) is 2.08. The largest absolute Gasteiger partial charge is 0.457 e. The first kappa shape index (κ1) is 13.7. The molecule has 1 heteroatoms. The Morgan fingerprint density at radius 3 is 2.16 bits per heavy atom. The second-order valence-electron chi connectivity index (χ2n) is 5.55. The maximum Gasteiger partial charge on any atom is 0.130 e. The van der Waals surface area contributed by atoms with E-state index in [0.29, 0.717) is 5.92 Å². The summed E-state index contributed by atoms with van der Waals surface area (Å²) in [6, 6.07) is 12.7. The molecule has 0 spiro atoms. The van der Waals surface area contributed by atoms with Crippen molar-refractivity contribution < 1.29 is 4.74 Å². The van der Waals surface area contributed by atoms with Crippen LogP contribution >= 0.6 is 0 Å². The molecule has 0 unspecified atom stereocenters. The highest BCUT2D eigenvalue weighted by Gasteiger charge is 2.07. The van der Waals surface area contributed by atoms with Crippen molar-refractivity contribution in [3.05, 3.63) is 58.7 Å². The van der Waals surface area contributed by atoms with Crippen molar-refractivity contribution in [1.82, 2.24) is 0 Å².